The molecule has 1 saturated carbocycles. The number of nitrogens with one attached hydrogen (secondary N) is 1. The van der Waals surface area contributed by atoms with Crippen molar-refractivity contribution in [2.45, 2.75) is 51.6 Å². The molecular weight excluding hydrogens is 248 g/mol. The lowest BCUT2D eigenvalue weighted by Crippen LogP contribution is -2.65. The third kappa shape index (κ3) is 2.94. The van der Waals surface area contributed by atoms with E-state index < -0.39 is 0 Å². The van der Waals surface area contributed by atoms with Gasteiger partial charge in [0, 0.05) is 37.6 Å². The van der Waals surface area contributed by atoms with Crippen molar-refractivity contribution < 1.29 is 4.42 Å². The van der Waals surface area contributed by atoms with E-state index in [1.165, 1.54) is 19.4 Å². The zero-order valence-electron chi connectivity index (χ0n) is 13.1. The highest BCUT2D eigenvalue weighted by Gasteiger charge is 2.46. The van der Waals surface area contributed by atoms with Crippen LogP contribution < -0.4 is 5.32 Å². The van der Waals surface area contributed by atoms with Gasteiger partial charge in [0.05, 0.1) is 6.26 Å². The zero-order valence-corrected chi connectivity index (χ0v) is 13.1. The molecule has 20 heavy (non-hydrogen) atoms. The van der Waals surface area contributed by atoms with Gasteiger partial charge in [-0.15, -0.1) is 0 Å². The van der Waals surface area contributed by atoms with E-state index in [-0.39, 0.29) is 0 Å². The van der Waals surface area contributed by atoms with Crippen LogP contribution >= 0.6 is 0 Å². The summed E-state index contributed by atoms with van der Waals surface area (Å²) in [4.78, 5) is 2.70. The molecule has 3 nitrogen and oxygen atoms in total. The highest BCUT2D eigenvalue weighted by Crippen LogP contribution is 2.41. The second kappa shape index (κ2) is 5.53. The molecule has 2 unspecified atom stereocenters. The normalized spacial score (nSPS) is 31.9. The number of hydrogen-bond donors (Lipinski definition) is 1. The molecule has 1 N–H and O–H groups in total. The fourth-order valence-corrected chi connectivity index (χ4v) is 3.67. The van der Waals surface area contributed by atoms with Gasteiger partial charge in [0.25, 0.3) is 0 Å². The van der Waals surface area contributed by atoms with Gasteiger partial charge in [-0.1, -0.05) is 13.8 Å². The van der Waals surface area contributed by atoms with Gasteiger partial charge in [-0.25, -0.2) is 0 Å². The lowest BCUT2D eigenvalue weighted by molar-refractivity contribution is 0.0524. The van der Waals surface area contributed by atoms with Crippen LogP contribution in [0.25, 0.3) is 0 Å². The van der Waals surface area contributed by atoms with Crippen molar-refractivity contribution >= 4 is 0 Å². The minimum Gasteiger partial charge on any atom is -0.469 e. The van der Waals surface area contributed by atoms with Crippen molar-refractivity contribution in [2.24, 2.45) is 11.8 Å². The Labute approximate surface area is 122 Å². The Morgan fingerprint density at radius 2 is 2.25 bits per heavy atom. The van der Waals surface area contributed by atoms with E-state index in [4.69, 9.17) is 4.42 Å². The number of rotatable bonds is 5. The highest BCUT2D eigenvalue weighted by molar-refractivity contribution is 5.05. The first-order valence-corrected chi connectivity index (χ1v) is 8.10. The molecule has 1 aromatic heterocycles. The molecule has 0 bridgehead atoms. The van der Waals surface area contributed by atoms with Crippen LogP contribution in [-0.2, 0) is 6.42 Å². The fourth-order valence-electron chi connectivity index (χ4n) is 3.67. The Balaban J connectivity index is 1.65. The van der Waals surface area contributed by atoms with Gasteiger partial charge < -0.3 is 9.73 Å². The summed E-state index contributed by atoms with van der Waals surface area (Å²) in [5.41, 5.74) is 0.328. The smallest absolute Gasteiger partial charge is 0.105 e. The molecule has 1 aromatic rings. The van der Waals surface area contributed by atoms with Crippen LogP contribution in [-0.4, -0.2) is 36.1 Å². The van der Waals surface area contributed by atoms with E-state index in [0.29, 0.717) is 17.5 Å². The molecule has 2 atom stereocenters. The Hall–Kier alpha value is -0.800. The van der Waals surface area contributed by atoms with Gasteiger partial charge in [-0.05, 0) is 43.7 Å². The van der Waals surface area contributed by atoms with Crippen molar-refractivity contribution in [1.29, 1.82) is 0 Å². The summed E-state index contributed by atoms with van der Waals surface area (Å²) < 4.78 is 5.49. The summed E-state index contributed by atoms with van der Waals surface area (Å²) in [5.74, 6) is 2.70. The summed E-state index contributed by atoms with van der Waals surface area (Å²) in [5, 5.41) is 3.85. The Morgan fingerprint density at radius 1 is 1.45 bits per heavy atom. The summed E-state index contributed by atoms with van der Waals surface area (Å²) in [7, 11) is 0. The molecule has 1 aliphatic carbocycles. The van der Waals surface area contributed by atoms with Crippen molar-refractivity contribution in [3.63, 3.8) is 0 Å². The molecule has 3 heteroatoms. The standard InChI is InChI=1S/C17H28N2O/c1-13(2)16-11-18-17(3,14-6-7-14)12-19(16)9-8-15-5-4-10-20-15/h4-5,10,13-14,16,18H,6-9,11-12H2,1-3H3. The molecule has 3 rings (SSSR count). The van der Waals surface area contributed by atoms with E-state index in [1.807, 2.05) is 6.07 Å². The van der Waals surface area contributed by atoms with Gasteiger partial charge in [0.2, 0.25) is 0 Å². The first-order valence-electron chi connectivity index (χ1n) is 8.10. The zero-order chi connectivity index (χ0) is 14.2. The molecule has 2 heterocycles. The number of furan rings is 1. The molecule has 1 aliphatic heterocycles. The van der Waals surface area contributed by atoms with Crippen LogP contribution in [0.3, 0.4) is 0 Å². The molecule has 0 radical (unpaired) electrons. The van der Waals surface area contributed by atoms with Gasteiger partial charge in [-0.2, -0.15) is 0 Å². The van der Waals surface area contributed by atoms with Crippen LogP contribution in [0.4, 0.5) is 0 Å². The first kappa shape index (κ1) is 14.2. The SMILES string of the molecule is CC(C)C1CNC(C)(C2CC2)CN1CCc1ccco1. The van der Waals surface area contributed by atoms with Gasteiger partial charge in [-0.3, -0.25) is 4.90 Å². The van der Waals surface area contributed by atoms with E-state index in [1.54, 1.807) is 6.26 Å². The molecule has 112 valence electrons. The maximum Gasteiger partial charge on any atom is 0.105 e. The van der Waals surface area contributed by atoms with Crippen LogP contribution in [0.2, 0.25) is 0 Å². The van der Waals surface area contributed by atoms with Crippen LogP contribution in [0.15, 0.2) is 22.8 Å². The third-order valence-corrected chi connectivity index (χ3v) is 5.19. The molecule has 0 spiro atoms. The summed E-state index contributed by atoms with van der Waals surface area (Å²) in [6.45, 7) is 10.5. The monoisotopic (exact) mass is 276 g/mol. The molecule has 1 saturated heterocycles. The second-order valence-corrected chi connectivity index (χ2v) is 7.18. The summed E-state index contributed by atoms with van der Waals surface area (Å²) in [6.07, 6.45) is 5.61. The minimum absolute atomic E-state index is 0.328. The largest absolute Gasteiger partial charge is 0.469 e. The van der Waals surface area contributed by atoms with E-state index in [9.17, 15) is 0 Å². The molecule has 2 fully saturated rings. The van der Waals surface area contributed by atoms with Gasteiger partial charge in [0.1, 0.15) is 5.76 Å². The fraction of sp³-hybridized carbons (Fsp3) is 0.765. The molecule has 0 aromatic carbocycles. The number of piperazine rings is 1. The topological polar surface area (TPSA) is 28.4 Å². The number of nitrogens with zero attached hydrogens (tertiary/aromatic N) is 1. The average Bonchev–Trinajstić information content (AvgIpc) is 3.15. The summed E-state index contributed by atoms with van der Waals surface area (Å²) >= 11 is 0. The van der Waals surface area contributed by atoms with Crippen LogP contribution in [0.1, 0.15) is 39.4 Å². The Bertz CT molecular complexity index is 424. The molecule has 2 aliphatic rings. The lowest BCUT2D eigenvalue weighted by Gasteiger charge is -2.48. The van der Waals surface area contributed by atoms with Crippen molar-refractivity contribution in [3.05, 3.63) is 24.2 Å². The third-order valence-electron chi connectivity index (χ3n) is 5.19. The maximum atomic E-state index is 5.49. The minimum atomic E-state index is 0.328. The predicted octanol–water partition coefficient (Wildman–Crippen LogP) is 2.92. The van der Waals surface area contributed by atoms with E-state index in [2.05, 4.69) is 37.1 Å². The van der Waals surface area contributed by atoms with Crippen LogP contribution in [0.5, 0.6) is 0 Å². The quantitative estimate of drug-likeness (QED) is 0.896. The second-order valence-electron chi connectivity index (χ2n) is 7.18. The van der Waals surface area contributed by atoms with Gasteiger partial charge >= 0.3 is 0 Å². The van der Waals surface area contributed by atoms with Crippen molar-refractivity contribution in [1.82, 2.24) is 10.2 Å². The Morgan fingerprint density at radius 3 is 2.85 bits per heavy atom. The van der Waals surface area contributed by atoms with Crippen molar-refractivity contribution in [2.75, 3.05) is 19.6 Å². The lowest BCUT2D eigenvalue weighted by atomic mass is 9.88. The van der Waals surface area contributed by atoms with E-state index >= 15 is 0 Å². The summed E-state index contributed by atoms with van der Waals surface area (Å²) in [6, 6.07) is 4.73. The first-order chi connectivity index (χ1) is 9.58. The van der Waals surface area contributed by atoms with Crippen LogP contribution in [0, 0.1) is 11.8 Å². The Kier molecular flexibility index (Phi) is 3.91. The maximum absolute atomic E-state index is 5.49. The molecular formula is C17H28N2O. The number of hydrogen-bond acceptors (Lipinski definition) is 3. The van der Waals surface area contributed by atoms with Crippen molar-refractivity contribution in [3.8, 4) is 0 Å². The predicted molar refractivity (Wildman–Crippen MR) is 81.7 cm³/mol. The average molecular weight is 276 g/mol. The van der Waals surface area contributed by atoms with E-state index in [0.717, 1.165) is 31.2 Å². The molecule has 0 amide bonds. The highest BCUT2D eigenvalue weighted by atomic mass is 16.3. The van der Waals surface area contributed by atoms with Gasteiger partial charge in [0.15, 0.2) is 0 Å².